The van der Waals surface area contributed by atoms with Gasteiger partial charge in [0, 0.05) is 19.3 Å². The van der Waals surface area contributed by atoms with Crippen LogP contribution in [0, 0.1) is 0 Å². The predicted molar refractivity (Wildman–Crippen MR) is 279 cm³/mol. The molecular formula is C59H108O6. The lowest BCUT2D eigenvalue weighted by atomic mass is 10.1. The van der Waals surface area contributed by atoms with Gasteiger partial charge < -0.3 is 14.2 Å². The predicted octanol–water partition coefficient (Wildman–Crippen LogP) is 18.9. The second-order valence-electron chi connectivity index (χ2n) is 19.2. The van der Waals surface area contributed by atoms with Gasteiger partial charge in [-0.05, 0) is 96.3 Å². The number of rotatable bonds is 52. The van der Waals surface area contributed by atoms with Gasteiger partial charge in [0.05, 0.1) is 0 Å². The molecular weight excluding hydrogens is 805 g/mol. The largest absolute Gasteiger partial charge is 0.462 e. The van der Waals surface area contributed by atoms with Crippen molar-refractivity contribution in [1.82, 2.24) is 0 Å². The molecule has 0 saturated heterocycles. The van der Waals surface area contributed by atoms with Crippen LogP contribution in [0.25, 0.3) is 0 Å². The average molecular weight is 914 g/mol. The Kier molecular flexibility index (Phi) is 52.3. The normalized spacial score (nSPS) is 12.2. The fraction of sp³-hybridized carbons (Fsp3) is 0.847. The Labute approximate surface area is 404 Å². The third-order valence-electron chi connectivity index (χ3n) is 12.6. The molecule has 0 aliphatic rings. The van der Waals surface area contributed by atoms with E-state index in [9.17, 15) is 14.4 Å². The summed E-state index contributed by atoms with van der Waals surface area (Å²) in [5, 5.41) is 0. The van der Waals surface area contributed by atoms with Crippen LogP contribution >= 0.6 is 0 Å². The zero-order valence-corrected chi connectivity index (χ0v) is 43.5. The van der Waals surface area contributed by atoms with Crippen molar-refractivity contribution in [3.63, 3.8) is 0 Å². The van der Waals surface area contributed by atoms with Crippen molar-refractivity contribution in [2.24, 2.45) is 0 Å². The highest BCUT2D eigenvalue weighted by atomic mass is 16.6. The molecule has 0 heterocycles. The zero-order valence-electron chi connectivity index (χ0n) is 43.5. The monoisotopic (exact) mass is 913 g/mol. The molecule has 0 rings (SSSR count). The summed E-state index contributed by atoms with van der Waals surface area (Å²) in [6.07, 6.45) is 64.1. The van der Waals surface area contributed by atoms with Gasteiger partial charge in [-0.25, -0.2) is 0 Å². The molecule has 0 amide bonds. The maximum absolute atomic E-state index is 12.8. The average Bonchev–Trinajstić information content (AvgIpc) is 3.30. The van der Waals surface area contributed by atoms with Gasteiger partial charge in [0.2, 0.25) is 0 Å². The van der Waals surface area contributed by atoms with Gasteiger partial charge >= 0.3 is 17.9 Å². The standard InChI is InChI=1S/C59H108O6/c1-4-7-10-13-16-19-22-25-28-29-32-34-37-40-43-46-49-52-58(61)64-55-56(65-59(62)53-50-47-44-41-38-35-31-27-24-21-18-15-12-9-6-3)54-63-57(60)51-48-45-42-39-36-33-30-26-23-20-17-14-11-8-5-2/h20,23,25,27-28,31,56H,4-19,21-22,24,26,29-30,32-55H2,1-3H3. The lowest BCUT2D eigenvalue weighted by Gasteiger charge is -2.18. The minimum absolute atomic E-state index is 0.0770. The summed E-state index contributed by atoms with van der Waals surface area (Å²) < 4.78 is 16.9. The maximum atomic E-state index is 12.8. The third-order valence-corrected chi connectivity index (χ3v) is 12.6. The summed E-state index contributed by atoms with van der Waals surface area (Å²) in [6, 6.07) is 0. The van der Waals surface area contributed by atoms with Crippen LogP contribution in [0.4, 0.5) is 0 Å². The van der Waals surface area contributed by atoms with E-state index in [4.69, 9.17) is 14.2 Å². The lowest BCUT2D eigenvalue weighted by Crippen LogP contribution is -2.30. The second-order valence-corrected chi connectivity index (χ2v) is 19.2. The first-order valence-corrected chi connectivity index (χ1v) is 28.5. The number of unbranched alkanes of at least 4 members (excludes halogenated alkanes) is 35. The van der Waals surface area contributed by atoms with E-state index >= 15 is 0 Å². The molecule has 380 valence electrons. The van der Waals surface area contributed by atoms with Crippen molar-refractivity contribution in [3.8, 4) is 0 Å². The van der Waals surface area contributed by atoms with Crippen LogP contribution in [0.15, 0.2) is 36.5 Å². The first kappa shape index (κ1) is 62.6. The van der Waals surface area contributed by atoms with Crippen molar-refractivity contribution < 1.29 is 28.6 Å². The van der Waals surface area contributed by atoms with Gasteiger partial charge in [-0.1, -0.05) is 224 Å². The van der Waals surface area contributed by atoms with Gasteiger partial charge in [-0.15, -0.1) is 0 Å². The van der Waals surface area contributed by atoms with Gasteiger partial charge in [0.1, 0.15) is 13.2 Å². The Hall–Kier alpha value is -2.37. The number of hydrogen-bond donors (Lipinski definition) is 0. The number of esters is 3. The topological polar surface area (TPSA) is 78.9 Å². The maximum Gasteiger partial charge on any atom is 0.306 e. The summed E-state index contributed by atoms with van der Waals surface area (Å²) in [7, 11) is 0. The van der Waals surface area contributed by atoms with Gasteiger partial charge in [-0.3, -0.25) is 14.4 Å². The fourth-order valence-electron chi connectivity index (χ4n) is 8.25. The molecule has 0 saturated carbocycles. The molecule has 0 aromatic rings. The Morgan fingerprint density at radius 3 is 0.785 bits per heavy atom. The van der Waals surface area contributed by atoms with Gasteiger partial charge in [-0.2, -0.15) is 0 Å². The highest BCUT2D eigenvalue weighted by molar-refractivity contribution is 5.71. The van der Waals surface area contributed by atoms with Gasteiger partial charge in [0.15, 0.2) is 6.10 Å². The summed E-state index contributed by atoms with van der Waals surface area (Å²) in [4.78, 5) is 38.1. The van der Waals surface area contributed by atoms with Gasteiger partial charge in [0.25, 0.3) is 0 Å². The SMILES string of the molecule is CCCCCCC=CCCCCCCCCCC(=O)OCC(COC(=O)CCCCCCCCCC=CCCCCCCCC)OC(=O)CCCCCCCC=CCCCCCCCC. The van der Waals surface area contributed by atoms with E-state index in [0.717, 1.165) is 64.2 Å². The second kappa shape index (κ2) is 54.2. The fourth-order valence-corrected chi connectivity index (χ4v) is 8.25. The number of carbonyl (C=O) groups excluding carboxylic acids is 3. The molecule has 0 aliphatic heterocycles. The Bertz CT molecular complexity index is 1090. The van der Waals surface area contributed by atoms with E-state index in [1.54, 1.807) is 0 Å². The van der Waals surface area contributed by atoms with Crippen LogP contribution in [0.3, 0.4) is 0 Å². The summed E-state index contributed by atoms with van der Waals surface area (Å²) in [5.74, 6) is -0.880. The molecule has 1 atom stereocenters. The highest BCUT2D eigenvalue weighted by Crippen LogP contribution is 2.15. The van der Waals surface area contributed by atoms with E-state index in [0.29, 0.717) is 19.3 Å². The van der Waals surface area contributed by atoms with Crippen LogP contribution in [0.1, 0.15) is 303 Å². The Balaban J connectivity index is 4.37. The van der Waals surface area contributed by atoms with E-state index in [1.165, 1.54) is 199 Å². The van der Waals surface area contributed by atoms with Crippen molar-refractivity contribution >= 4 is 17.9 Å². The Morgan fingerprint density at radius 2 is 0.508 bits per heavy atom. The first-order chi connectivity index (χ1) is 32.0. The molecule has 0 aromatic heterocycles. The molecule has 0 fully saturated rings. The minimum atomic E-state index is -0.778. The van der Waals surface area contributed by atoms with Crippen LogP contribution in [-0.4, -0.2) is 37.2 Å². The van der Waals surface area contributed by atoms with Crippen molar-refractivity contribution in [2.45, 2.75) is 309 Å². The van der Waals surface area contributed by atoms with Crippen LogP contribution in [0.5, 0.6) is 0 Å². The molecule has 0 aliphatic carbocycles. The molecule has 6 nitrogen and oxygen atoms in total. The van der Waals surface area contributed by atoms with Crippen LogP contribution in [0.2, 0.25) is 0 Å². The third kappa shape index (κ3) is 52.5. The molecule has 6 heteroatoms. The van der Waals surface area contributed by atoms with E-state index in [1.807, 2.05) is 0 Å². The molecule has 0 spiro atoms. The minimum Gasteiger partial charge on any atom is -0.462 e. The molecule has 65 heavy (non-hydrogen) atoms. The number of allylic oxidation sites excluding steroid dienone is 6. The van der Waals surface area contributed by atoms with Crippen molar-refractivity contribution in [2.75, 3.05) is 13.2 Å². The van der Waals surface area contributed by atoms with E-state index < -0.39 is 6.10 Å². The molecule has 1 unspecified atom stereocenters. The number of ether oxygens (including phenoxy) is 3. The molecule has 0 aromatic carbocycles. The van der Waals surface area contributed by atoms with Crippen molar-refractivity contribution in [1.29, 1.82) is 0 Å². The molecule has 0 radical (unpaired) electrons. The number of hydrogen-bond acceptors (Lipinski definition) is 6. The lowest BCUT2D eigenvalue weighted by molar-refractivity contribution is -0.167. The highest BCUT2D eigenvalue weighted by Gasteiger charge is 2.19. The quantitative estimate of drug-likeness (QED) is 0.0262. The van der Waals surface area contributed by atoms with Crippen LogP contribution < -0.4 is 0 Å². The summed E-state index contributed by atoms with van der Waals surface area (Å²) in [6.45, 7) is 6.64. The molecule has 0 bridgehead atoms. The van der Waals surface area contributed by atoms with Crippen LogP contribution in [-0.2, 0) is 28.6 Å². The summed E-state index contributed by atoms with van der Waals surface area (Å²) >= 11 is 0. The zero-order chi connectivity index (χ0) is 47.2. The summed E-state index contributed by atoms with van der Waals surface area (Å²) in [5.41, 5.74) is 0. The smallest absolute Gasteiger partial charge is 0.306 e. The number of carbonyl (C=O) groups is 3. The van der Waals surface area contributed by atoms with Crippen molar-refractivity contribution in [3.05, 3.63) is 36.5 Å². The Morgan fingerprint density at radius 1 is 0.292 bits per heavy atom. The molecule has 0 N–H and O–H groups in total. The van der Waals surface area contributed by atoms with E-state index in [2.05, 4.69) is 57.2 Å². The first-order valence-electron chi connectivity index (χ1n) is 28.5. The van der Waals surface area contributed by atoms with E-state index in [-0.39, 0.29) is 31.1 Å².